The molecule has 59 heavy (non-hydrogen) atoms. The molecule has 318 valence electrons. The van der Waals surface area contributed by atoms with Crippen molar-refractivity contribution in [3.8, 4) is 22.3 Å². The maximum absolute atomic E-state index is 4.89. The first-order valence-corrected chi connectivity index (χ1v) is 30.8. The SMILES string of the molecule is CCCCCCP(CCCCCC)c1cc2c(-c3ccccc3)cccc2[cH-]1.CCCCCCP(CCCCCC)c1cc2c(-c3ccccc3)cccc2[cH-]1.[Cl][Ti][Cl]. The zero-order valence-electron chi connectivity index (χ0n) is 36.8. The summed E-state index contributed by atoms with van der Waals surface area (Å²) in [5.41, 5.74) is 5.44. The van der Waals surface area contributed by atoms with Crippen molar-refractivity contribution in [3.63, 3.8) is 0 Å². The van der Waals surface area contributed by atoms with Crippen LogP contribution < -0.4 is 10.6 Å². The fraction of sp³-hybridized carbons (Fsp3) is 0.444. The monoisotopic (exact) mass is 900 g/mol. The molecule has 0 fully saturated rings. The van der Waals surface area contributed by atoms with Crippen LogP contribution in [0.4, 0.5) is 0 Å². The minimum absolute atomic E-state index is 0.0171. The van der Waals surface area contributed by atoms with Crippen LogP contribution in [0.25, 0.3) is 43.8 Å². The molecule has 0 saturated heterocycles. The summed E-state index contributed by atoms with van der Waals surface area (Å²) in [5.74, 6) is 0. The second kappa shape index (κ2) is 30.3. The van der Waals surface area contributed by atoms with Gasteiger partial charge in [-0.3, -0.25) is 0 Å². The average Bonchev–Trinajstić information content (AvgIpc) is 3.92. The van der Waals surface area contributed by atoms with Crippen LogP contribution in [-0.4, -0.2) is 24.6 Å². The van der Waals surface area contributed by atoms with Crippen LogP contribution in [0.2, 0.25) is 0 Å². The fourth-order valence-electron chi connectivity index (χ4n) is 8.20. The summed E-state index contributed by atoms with van der Waals surface area (Å²) in [7, 11) is 9.74. The number of unbranched alkanes of at least 4 members (excludes halogenated alkanes) is 12. The van der Waals surface area contributed by atoms with Gasteiger partial charge in [-0.15, -0.1) is 68.6 Å². The molecule has 0 bridgehead atoms. The van der Waals surface area contributed by atoms with Gasteiger partial charge in [-0.25, -0.2) is 0 Å². The third-order valence-corrected chi connectivity index (χ3v) is 16.9. The minimum atomic E-state index is -0.556. The van der Waals surface area contributed by atoms with Crippen LogP contribution in [0, 0.1) is 0 Å². The van der Waals surface area contributed by atoms with Crippen molar-refractivity contribution in [2.45, 2.75) is 130 Å². The molecule has 5 heteroatoms. The third-order valence-electron chi connectivity index (χ3n) is 11.5. The Morgan fingerprint density at radius 3 is 1.03 bits per heavy atom. The quantitative estimate of drug-likeness (QED) is 0.0246. The van der Waals surface area contributed by atoms with E-state index in [9.17, 15) is 0 Å². The number of fused-ring (bicyclic) bond motifs is 2. The number of benzene rings is 4. The van der Waals surface area contributed by atoms with Crippen LogP contribution in [-0.2, 0) is 17.0 Å². The number of hydrogen-bond donors (Lipinski definition) is 0. The molecule has 0 spiro atoms. The van der Waals surface area contributed by atoms with Crippen molar-refractivity contribution in [1.29, 1.82) is 0 Å². The number of rotatable bonds is 24. The molecule has 0 radical (unpaired) electrons. The van der Waals surface area contributed by atoms with Gasteiger partial charge in [-0.2, -0.15) is 12.1 Å². The van der Waals surface area contributed by atoms with Gasteiger partial charge in [0.2, 0.25) is 0 Å². The molecule has 6 rings (SSSR count). The second-order valence-electron chi connectivity index (χ2n) is 16.1. The van der Waals surface area contributed by atoms with Crippen LogP contribution in [0.3, 0.4) is 0 Å². The number of halogens is 2. The molecule has 6 aromatic carbocycles. The molecule has 0 aliphatic heterocycles. The molecule has 0 saturated carbocycles. The van der Waals surface area contributed by atoms with Gasteiger partial charge in [-0.05, 0) is 61.5 Å². The van der Waals surface area contributed by atoms with Crippen molar-refractivity contribution >= 4 is 66.6 Å². The van der Waals surface area contributed by atoms with Crippen molar-refractivity contribution in [2.75, 3.05) is 24.6 Å². The second-order valence-corrected chi connectivity index (χ2v) is 23.6. The maximum atomic E-state index is 4.89. The number of hydrogen-bond acceptors (Lipinski definition) is 0. The van der Waals surface area contributed by atoms with E-state index in [1.54, 1.807) is 10.6 Å². The first-order chi connectivity index (χ1) is 29.1. The van der Waals surface area contributed by atoms with E-state index in [4.69, 9.17) is 18.6 Å². The zero-order valence-corrected chi connectivity index (χ0v) is 41.7. The zero-order chi connectivity index (χ0) is 41.9. The molecule has 0 amide bonds. The average molecular weight is 902 g/mol. The van der Waals surface area contributed by atoms with Gasteiger partial charge in [0.25, 0.3) is 0 Å². The van der Waals surface area contributed by atoms with Crippen molar-refractivity contribution in [3.05, 3.63) is 121 Å². The van der Waals surface area contributed by atoms with Crippen molar-refractivity contribution < 1.29 is 17.0 Å². The van der Waals surface area contributed by atoms with Gasteiger partial charge in [0.05, 0.1) is 0 Å². The molecule has 6 aromatic rings. The summed E-state index contributed by atoms with van der Waals surface area (Å²) in [5, 5.41) is 9.01. The summed E-state index contributed by atoms with van der Waals surface area (Å²) >= 11 is -0.556. The normalized spacial score (nSPS) is 11.2. The molecule has 0 atom stereocenters. The Morgan fingerprint density at radius 2 is 0.729 bits per heavy atom. The van der Waals surface area contributed by atoms with Crippen LogP contribution in [0.15, 0.2) is 121 Å². The summed E-state index contributed by atoms with van der Waals surface area (Å²) < 4.78 is 0. The van der Waals surface area contributed by atoms with Crippen molar-refractivity contribution in [1.82, 2.24) is 0 Å². The molecule has 0 N–H and O–H groups in total. The standard InChI is InChI=1S/2C27H36P.2ClH.Ti/c2*1-3-5-7-12-19-28(20-13-8-6-4-2)25-21-24-17-14-18-26(27(24)22-25)23-15-10-9-11-16-23;;;/h2*9-11,14-18,21-22H,3-8,12-13,19-20H2,1-2H3;2*1H;/q2*-1;;;+2/p-2. The predicted octanol–water partition coefficient (Wildman–Crippen LogP) is 18.4. The third kappa shape index (κ3) is 17.2. The fourth-order valence-corrected chi connectivity index (χ4v) is 13.4. The Kier molecular flexibility index (Phi) is 25.7. The van der Waals surface area contributed by atoms with E-state index in [-0.39, 0.29) is 15.8 Å². The first-order valence-electron chi connectivity index (χ1n) is 23.0. The van der Waals surface area contributed by atoms with Crippen LogP contribution in [0.5, 0.6) is 0 Å². The summed E-state index contributed by atoms with van der Waals surface area (Å²) in [4.78, 5) is 0. The Balaban J connectivity index is 0.000000244. The molecule has 0 nitrogen and oxygen atoms in total. The van der Waals surface area contributed by atoms with Crippen LogP contribution in [0.1, 0.15) is 130 Å². The van der Waals surface area contributed by atoms with E-state index < -0.39 is 17.0 Å². The van der Waals surface area contributed by atoms with Gasteiger partial charge < -0.3 is 0 Å². The van der Waals surface area contributed by atoms with E-state index in [0.29, 0.717) is 0 Å². The molecule has 0 aromatic heterocycles. The Morgan fingerprint density at radius 1 is 0.407 bits per heavy atom. The van der Waals surface area contributed by atoms with Gasteiger partial charge in [0, 0.05) is 0 Å². The van der Waals surface area contributed by atoms with E-state index in [1.807, 2.05) is 0 Å². The van der Waals surface area contributed by atoms with Gasteiger partial charge >= 0.3 is 35.6 Å². The van der Waals surface area contributed by atoms with Gasteiger partial charge in [0.15, 0.2) is 0 Å². The van der Waals surface area contributed by atoms with E-state index in [1.165, 1.54) is 171 Å². The Labute approximate surface area is 379 Å². The van der Waals surface area contributed by atoms with E-state index in [0.717, 1.165) is 0 Å². The Bertz CT molecular complexity index is 1780. The molecule has 0 aliphatic carbocycles. The molecule has 0 unspecified atom stereocenters. The van der Waals surface area contributed by atoms with E-state index in [2.05, 4.69) is 149 Å². The molecular weight excluding hydrogens is 829 g/mol. The van der Waals surface area contributed by atoms with E-state index >= 15 is 0 Å². The molecular formula is C54H72Cl2P2Ti-2. The Hall–Kier alpha value is -1.75. The first kappa shape index (κ1) is 49.9. The van der Waals surface area contributed by atoms with Crippen molar-refractivity contribution in [2.24, 2.45) is 0 Å². The van der Waals surface area contributed by atoms with Crippen LogP contribution >= 0.6 is 34.5 Å². The molecule has 0 aliphatic rings. The van der Waals surface area contributed by atoms with Gasteiger partial charge in [0.1, 0.15) is 0 Å². The molecule has 0 heterocycles. The summed E-state index contributed by atoms with van der Waals surface area (Å²) in [6.07, 6.45) is 27.8. The predicted molar refractivity (Wildman–Crippen MR) is 271 cm³/mol. The topological polar surface area (TPSA) is 0 Å². The summed E-state index contributed by atoms with van der Waals surface area (Å²) in [6.45, 7) is 9.23. The van der Waals surface area contributed by atoms with Gasteiger partial charge in [-0.1, -0.05) is 205 Å². The summed E-state index contributed by atoms with van der Waals surface area (Å²) in [6, 6.07) is 45.4.